The lowest BCUT2D eigenvalue weighted by Crippen LogP contribution is -2.16. The quantitative estimate of drug-likeness (QED) is 0.179. The van der Waals surface area contributed by atoms with E-state index in [0.29, 0.717) is 32.0 Å². The number of aliphatic hydroxyl groups excluding tert-OH is 1. The van der Waals surface area contributed by atoms with Crippen molar-refractivity contribution in [1.29, 1.82) is 5.41 Å². The van der Waals surface area contributed by atoms with E-state index in [2.05, 4.69) is 11.9 Å². The first-order valence-corrected chi connectivity index (χ1v) is 13.3. The second-order valence-electron chi connectivity index (χ2n) is 9.99. The van der Waals surface area contributed by atoms with E-state index >= 15 is 0 Å². The Kier molecular flexibility index (Phi) is 7.16. The molecule has 6 nitrogen and oxygen atoms in total. The molecule has 0 spiro atoms. The van der Waals surface area contributed by atoms with Crippen molar-refractivity contribution in [2.45, 2.75) is 37.5 Å². The van der Waals surface area contributed by atoms with Crippen molar-refractivity contribution in [2.24, 2.45) is 5.92 Å². The lowest BCUT2D eigenvalue weighted by molar-refractivity contribution is 0.0690. The van der Waals surface area contributed by atoms with Gasteiger partial charge in [0.05, 0.1) is 21.3 Å². The number of allylic oxidation sites excluding steroid dienone is 1. The zero-order valence-corrected chi connectivity index (χ0v) is 22.7. The average molecular weight is 572 g/mol. The molecule has 2 atom stereocenters. The van der Waals surface area contributed by atoms with E-state index in [0.717, 1.165) is 30.4 Å². The molecule has 0 radical (unpaired) electrons. The number of benzene rings is 2. The van der Waals surface area contributed by atoms with Crippen molar-refractivity contribution in [3.8, 4) is 5.75 Å². The molecule has 0 saturated heterocycles. The Labute approximate surface area is 235 Å². The summed E-state index contributed by atoms with van der Waals surface area (Å²) >= 11 is 19.4. The minimum Gasteiger partial charge on any atom is -0.512 e. The van der Waals surface area contributed by atoms with Crippen LogP contribution in [0.15, 0.2) is 66.1 Å². The number of nitrogens with zero attached hydrogens (tertiary/aromatic N) is 1. The van der Waals surface area contributed by atoms with Crippen LogP contribution in [-0.4, -0.2) is 33.5 Å². The number of ether oxygens (including phenoxy) is 1. The molecule has 2 aliphatic rings. The van der Waals surface area contributed by atoms with Crippen molar-refractivity contribution in [2.75, 3.05) is 6.61 Å². The van der Waals surface area contributed by atoms with Crippen molar-refractivity contribution < 1.29 is 19.7 Å². The molecule has 196 valence electrons. The van der Waals surface area contributed by atoms with Gasteiger partial charge in [-0.1, -0.05) is 53.9 Å². The number of aromatic nitrogens is 1. The summed E-state index contributed by atoms with van der Waals surface area (Å²) in [4.78, 5) is 15.2. The molecule has 2 saturated carbocycles. The molecule has 2 unspecified atom stereocenters. The Balaban J connectivity index is 1.35. The Hall–Kier alpha value is -3.06. The number of aromatic carboxylic acids is 1. The zero-order valence-electron chi connectivity index (χ0n) is 20.5. The molecule has 1 aromatic heterocycles. The molecule has 5 rings (SSSR count). The minimum absolute atomic E-state index is 0.00255. The highest BCUT2D eigenvalue weighted by atomic mass is 35.5. The number of hydrogen-bond acceptors (Lipinski definition) is 5. The fraction of sp³-hybridized carbons (Fsp3) is 0.276. The van der Waals surface area contributed by atoms with Crippen LogP contribution in [0.2, 0.25) is 15.1 Å². The maximum absolute atomic E-state index is 11.3. The molecule has 0 bridgehead atoms. The summed E-state index contributed by atoms with van der Waals surface area (Å²) in [5, 5.41) is 30.1. The van der Waals surface area contributed by atoms with Crippen LogP contribution in [0, 0.1) is 11.3 Å². The van der Waals surface area contributed by atoms with Gasteiger partial charge in [-0.25, -0.2) is 9.78 Å². The van der Waals surface area contributed by atoms with Gasteiger partial charge in [-0.2, -0.15) is 0 Å². The average Bonchev–Trinajstić information content (AvgIpc) is 3.80. The predicted octanol–water partition coefficient (Wildman–Crippen LogP) is 7.85. The third kappa shape index (κ3) is 5.13. The van der Waals surface area contributed by atoms with Crippen molar-refractivity contribution in [3.05, 3.63) is 104 Å². The van der Waals surface area contributed by atoms with Gasteiger partial charge in [-0.05, 0) is 72.7 Å². The monoisotopic (exact) mass is 570 g/mol. The number of hydrogen-bond donors (Lipinski definition) is 3. The standard InChI is InChI=1S/C29H25Cl3N2O4/c1-29(13-20(29)16-9-10-34-24(11-16)28(36)37)19-8-7-17(12-23(19)32)38-14-18(27(35)15-5-6-15)26(33)25-21(30)3-2-4-22(25)31/h2-4,7-12,15,20,33,35H,5-6,13-14H2,1H3,(H,36,37)/b27-18-,33-26?. The molecule has 0 aliphatic heterocycles. The topological polar surface area (TPSA) is 104 Å². The molecule has 2 fully saturated rings. The Morgan fingerprint density at radius 1 is 1.08 bits per heavy atom. The van der Waals surface area contributed by atoms with Crippen LogP contribution in [0.25, 0.3) is 0 Å². The summed E-state index contributed by atoms with van der Waals surface area (Å²) in [6.45, 7) is 2.05. The summed E-state index contributed by atoms with van der Waals surface area (Å²) in [6.07, 6.45) is 4.05. The minimum atomic E-state index is -1.06. The summed E-state index contributed by atoms with van der Waals surface area (Å²) in [5.41, 5.74) is 2.35. The van der Waals surface area contributed by atoms with Crippen LogP contribution in [0.1, 0.15) is 59.3 Å². The van der Waals surface area contributed by atoms with Gasteiger partial charge in [0.25, 0.3) is 0 Å². The highest BCUT2D eigenvalue weighted by Crippen LogP contribution is 2.61. The summed E-state index contributed by atoms with van der Waals surface area (Å²) in [7, 11) is 0. The molecule has 2 aliphatic carbocycles. The molecule has 3 aromatic rings. The second kappa shape index (κ2) is 10.3. The lowest BCUT2D eigenvalue weighted by atomic mass is 9.92. The Bertz CT molecular complexity index is 1460. The van der Waals surface area contributed by atoms with Crippen LogP contribution >= 0.6 is 34.8 Å². The van der Waals surface area contributed by atoms with Gasteiger partial charge < -0.3 is 14.9 Å². The van der Waals surface area contributed by atoms with Gasteiger partial charge in [-0.15, -0.1) is 0 Å². The van der Waals surface area contributed by atoms with Crippen LogP contribution in [0.4, 0.5) is 0 Å². The fourth-order valence-corrected chi connectivity index (χ4v) is 5.87. The third-order valence-electron chi connectivity index (χ3n) is 7.37. The van der Waals surface area contributed by atoms with Crippen molar-refractivity contribution in [1.82, 2.24) is 4.98 Å². The van der Waals surface area contributed by atoms with E-state index in [1.54, 1.807) is 30.3 Å². The SMILES string of the molecule is CC1(c2ccc(OC/C(C(=N)c3c(Cl)cccc3Cl)=C(/O)C3CC3)cc2Cl)CC1c1ccnc(C(=O)O)c1. The first kappa shape index (κ1) is 26.5. The molecule has 0 amide bonds. The summed E-state index contributed by atoms with van der Waals surface area (Å²) < 4.78 is 6.01. The number of nitrogens with one attached hydrogen (secondary N) is 1. The van der Waals surface area contributed by atoms with E-state index in [-0.39, 0.29) is 41.0 Å². The predicted molar refractivity (Wildman–Crippen MR) is 149 cm³/mol. The van der Waals surface area contributed by atoms with Crippen molar-refractivity contribution >= 4 is 46.5 Å². The van der Waals surface area contributed by atoms with Gasteiger partial charge in [-0.3, -0.25) is 5.41 Å². The summed E-state index contributed by atoms with van der Waals surface area (Å²) in [5.74, 6) is -0.308. The number of carboxylic acid groups (broad SMARTS) is 1. The van der Waals surface area contributed by atoms with Gasteiger partial charge in [0.1, 0.15) is 23.8 Å². The maximum atomic E-state index is 11.3. The smallest absolute Gasteiger partial charge is 0.354 e. The highest BCUT2D eigenvalue weighted by molar-refractivity contribution is 6.41. The molecule has 38 heavy (non-hydrogen) atoms. The summed E-state index contributed by atoms with van der Waals surface area (Å²) in [6, 6.07) is 13.9. The normalized spacial score (nSPS) is 21.0. The van der Waals surface area contributed by atoms with E-state index in [4.69, 9.17) is 44.9 Å². The van der Waals surface area contributed by atoms with Crippen LogP contribution in [-0.2, 0) is 5.41 Å². The molecule has 9 heteroatoms. The second-order valence-corrected chi connectivity index (χ2v) is 11.2. The number of aliphatic hydroxyl groups is 1. The first-order valence-electron chi connectivity index (χ1n) is 12.2. The van der Waals surface area contributed by atoms with Crippen LogP contribution in [0.5, 0.6) is 5.75 Å². The van der Waals surface area contributed by atoms with E-state index < -0.39 is 5.97 Å². The largest absolute Gasteiger partial charge is 0.512 e. The van der Waals surface area contributed by atoms with Gasteiger partial charge >= 0.3 is 5.97 Å². The molecule has 2 aromatic carbocycles. The first-order chi connectivity index (χ1) is 18.1. The van der Waals surface area contributed by atoms with E-state index in [1.807, 2.05) is 18.2 Å². The Morgan fingerprint density at radius 2 is 1.79 bits per heavy atom. The fourth-order valence-electron chi connectivity index (χ4n) is 4.90. The molecular weight excluding hydrogens is 547 g/mol. The molecular formula is C29H25Cl3N2O4. The van der Waals surface area contributed by atoms with Crippen molar-refractivity contribution in [3.63, 3.8) is 0 Å². The number of halogens is 3. The number of carboxylic acids is 1. The van der Waals surface area contributed by atoms with Gasteiger partial charge in [0, 0.05) is 28.1 Å². The van der Waals surface area contributed by atoms with Crippen LogP contribution in [0.3, 0.4) is 0 Å². The Morgan fingerprint density at radius 3 is 2.42 bits per heavy atom. The number of carbonyl (C=O) groups is 1. The van der Waals surface area contributed by atoms with E-state index in [1.165, 1.54) is 6.20 Å². The maximum Gasteiger partial charge on any atom is 0.354 e. The van der Waals surface area contributed by atoms with E-state index in [9.17, 15) is 15.0 Å². The number of rotatable bonds is 9. The lowest BCUT2D eigenvalue weighted by Gasteiger charge is -2.18. The van der Waals surface area contributed by atoms with Gasteiger partial charge in [0.15, 0.2) is 0 Å². The number of pyridine rings is 1. The molecule has 1 heterocycles. The third-order valence-corrected chi connectivity index (χ3v) is 8.31. The zero-order chi connectivity index (χ0) is 27.2. The highest BCUT2D eigenvalue weighted by Gasteiger charge is 2.53. The van der Waals surface area contributed by atoms with Gasteiger partial charge in [0.2, 0.25) is 0 Å². The molecule has 3 N–H and O–H groups in total. The van der Waals surface area contributed by atoms with Crippen LogP contribution < -0.4 is 4.74 Å².